The van der Waals surface area contributed by atoms with Crippen molar-refractivity contribution in [3.05, 3.63) is 99.1 Å². The van der Waals surface area contributed by atoms with Crippen molar-refractivity contribution in [1.82, 2.24) is 0 Å². The monoisotopic (exact) mass is 443 g/mol. The molecule has 1 N–H and O–H groups in total. The molecule has 3 rings (SSSR count). The maximum Gasteiger partial charge on any atom is 0.269 e. The molecule has 3 aromatic rings. The molecule has 33 heavy (non-hydrogen) atoms. The van der Waals surface area contributed by atoms with Crippen LogP contribution in [0, 0.1) is 28.4 Å². The van der Waals surface area contributed by atoms with Crippen LogP contribution >= 0.6 is 0 Å². The molecule has 166 valence electrons. The third kappa shape index (κ3) is 5.95. The van der Waals surface area contributed by atoms with Crippen LogP contribution in [0.2, 0.25) is 0 Å². The van der Waals surface area contributed by atoms with Gasteiger partial charge < -0.3 is 14.8 Å². The Balaban J connectivity index is 1.74. The number of anilines is 1. The smallest absolute Gasteiger partial charge is 0.269 e. The second kappa shape index (κ2) is 10.6. The molecule has 0 radical (unpaired) electrons. The molecule has 1 amide bonds. The van der Waals surface area contributed by atoms with Gasteiger partial charge in [-0.2, -0.15) is 5.26 Å². The van der Waals surface area contributed by atoms with Gasteiger partial charge in [-0.05, 0) is 60.0 Å². The summed E-state index contributed by atoms with van der Waals surface area (Å²) >= 11 is 0. The zero-order chi connectivity index (χ0) is 23.8. The SMILES string of the molecule is COc1cc(C=C(C#N)C(=O)Nc2ccccc2C)ccc1OCc1ccc([N+](=O)[O-])cc1. The van der Waals surface area contributed by atoms with E-state index in [2.05, 4.69) is 5.32 Å². The highest BCUT2D eigenvalue weighted by atomic mass is 16.6. The minimum atomic E-state index is -0.510. The van der Waals surface area contributed by atoms with Gasteiger partial charge in [0, 0.05) is 17.8 Å². The third-order valence-electron chi connectivity index (χ3n) is 4.80. The summed E-state index contributed by atoms with van der Waals surface area (Å²) in [7, 11) is 1.48. The first kappa shape index (κ1) is 23.0. The zero-order valence-electron chi connectivity index (χ0n) is 18.1. The van der Waals surface area contributed by atoms with Crippen LogP contribution in [-0.4, -0.2) is 17.9 Å². The number of amides is 1. The number of para-hydroxylation sites is 1. The van der Waals surface area contributed by atoms with Crippen molar-refractivity contribution in [2.75, 3.05) is 12.4 Å². The number of carbonyl (C=O) groups is 1. The standard InChI is InChI=1S/C25H21N3O5/c1-17-5-3-4-6-22(17)27-25(29)20(15-26)13-19-9-12-23(24(14-19)32-2)33-16-18-7-10-21(11-8-18)28(30)31/h3-14H,16H2,1-2H3,(H,27,29). The Bertz CT molecular complexity index is 1240. The van der Waals surface area contributed by atoms with E-state index >= 15 is 0 Å². The summed E-state index contributed by atoms with van der Waals surface area (Å²) in [6, 6.07) is 20.3. The average molecular weight is 443 g/mol. The number of carbonyl (C=O) groups excluding carboxylic acids is 1. The highest BCUT2D eigenvalue weighted by Gasteiger charge is 2.12. The Labute approximate surface area is 190 Å². The number of nitrogens with one attached hydrogen (secondary N) is 1. The number of aryl methyl sites for hydroxylation is 1. The quantitative estimate of drug-likeness (QED) is 0.226. The molecular formula is C25H21N3O5. The molecule has 0 aliphatic rings. The first-order valence-corrected chi connectivity index (χ1v) is 9.94. The van der Waals surface area contributed by atoms with Crippen LogP contribution in [0.25, 0.3) is 6.08 Å². The topological polar surface area (TPSA) is 114 Å². The van der Waals surface area contributed by atoms with Crippen molar-refractivity contribution in [2.24, 2.45) is 0 Å². The van der Waals surface area contributed by atoms with E-state index < -0.39 is 10.8 Å². The molecule has 0 heterocycles. The molecule has 0 spiro atoms. The van der Waals surface area contributed by atoms with E-state index in [1.165, 1.54) is 25.3 Å². The number of nitrogens with zero attached hydrogens (tertiary/aromatic N) is 2. The molecule has 0 bridgehead atoms. The molecule has 3 aromatic carbocycles. The van der Waals surface area contributed by atoms with Crippen LogP contribution in [0.1, 0.15) is 16.7 Å². The largest absolute Gasteiger partial charge is 0.493 e. The molecule has 0 atom stereocenters. The average Bonchev–Trinajstić information content (AvgIpc) is 2.83. The van der Waals surface area contributed by atoms with E-state index in [0.29, 0.717) is 22.7 Å². The molecule has 0 unspecified atom stereocenters. The van der Waals surface area contributed by atoms with Gasteiger partial charge in [0.25, 0.3) is 11.6 Å². The van der Waals surface area contributed by atoms with E-state index in [4.69, 9.17) is 9.47 Å². The van der Waals surface area contributed by atoms with Crippen molar-refractivity contribution in [3.63, 3.8) is 0 Å². The first-order valence-electron chi connectivity index (χ1n) is 9.94. The fourth-order valence-corrected chi connectivity index (χ4v) is 2.99. The molecule has 0 aliphatic heterocycles. The van der Waals surface area contributed by atoms with Crippen molar-refractivity contribution in [2.45, 2.75) is 13.5 Å². The van der Waals surface area contributed by atoms with Gasteiger partial charge in [-0.25, -0.2) is 0 Å². The number of methoxy groups -OCH3 is 1. The Morgan fingerprint density at radius 3 is 2.48 bits per heavy atom. The van der Waals surface area contributed by atoms with Gasteiger partial charge in [-0.15, -0.1) is 0 Å². The number of hydrogen-bond acceptors (Lipinski definition) is 6. The minimum Gasteiger partial charge on any atom is -0.493 e. The highest BCUT2D eigenvalue weighted by Crippen LogP contribution is 2.30. The second-order valence-electron chi connectivity index (χ2n) is 7.06. The Hall–Kier alpha value is -4.64. The molecule has 0 aliphatic carbocycles. The lowest BCUT2D eigenvalue weighted by atomic mass is 10.1. The molecular weight excluding hydrogens is 422 g/mol. The van der Waals surface area contributed by atoms with Crippen LogP contribution < -0.4 is 14.8 Å². The predicted molar refractivity (Wildman–Crippen MR) is 124 cm³/mol. The lowest BCUT2D eigenvalue weighted by Crippen LogP contribution is -2.14. The molecule has 8 nitrogen and oxygen atoms in total. The molecule has 0 saturated carbocycles. The molecule has 0 saturated heterocycles. The number of non-ortho nitro benzene ring substituents is 1. The first-order chi connectivity index (χ1) is 15.9. The van der Waals surface area contributed by atoms with E-state index in [9.17, 15) is 20.2 Å². The molecule has 8 heteroatoms. The summed E-state index contributed by atoms with van der Waals surface area (Å²) in [5.41, 5.74) is 2.82. The fraction of sp³-hybridized carbons (Fsp3) is 0.120. The summed E-state index contributed by atoms with van der Waals surface area (Å²) in [5, 5.41) is 23.0. The van der Waals surface area contributed by atoms with E-state index in [0.717, 1.165) is 11.1 Å². The summed E-state index contributed by atoms with van der Waals surface area (Å²) < 4.78 is 11.2. The van der Waals surface area contributed by atoms with E-state index in [1.54, 1.807) is 42.5 Å². The maximum absolute atomic E-state index is 12.5. The third-order valence-corrected chi connectivity index (χ3v) is 4.80. The van der Waals surface area contributed by atoms with Gasteiger partial charge in [0.05, 0.1) is 12.0 Å². The summed E-state index contributed by atoms with van der Waals surface area (Å²) in [6.07, 6.45) is 1.47. The maximum atomic E-state index is 12.5. The van der Waals surface area contributed by atoms with Crippen LogP contribution in [0.15, 0.2) is 72.3 Å². The minimum absolute atomic E-state index is 0.00669. The number of nitriles is 1. The van der Waals surface area contributed by atoms with Gasteiger partial charge in [0.15, 0.2) is 11.5 Å². The van der Waals surface area contributed by atoms with Crippen LogP contribution in [0.3, 0.4) is 0 Å². The summed E-state index contributed by atoms with van der Waals surface area (Å²) in [6.45, 7) is 2.05. The highest BCUT2D eigenvalue weighted by molar-refractivity contribution is 6.10. The fourth-order valence-electron chi connectivity index (χ4n) is 2.99. The van der Waals surface area contributed by atoms with Crippen molar-refractivity contribution in [1.29, 1.82) is 5.26 Å². The summed E-state index contributed by atoms with van der Waals surface area (Å²) in [4.78, 5) is 22.8. The lowest BCUT2D eigenvalue weighted by molar-refractivity contribution is -0.384. The van der Waals surface area contributed by atoms with Crippen molar-refractivity contribution in [3.8, 4) is 17.6 Å². The Kier molecular flexibility index (Phi) is 7.39. The number of nitro benzene ring substituents is 1. The summed E-state index contributed by atoms with van der Waals surface area (Å²) in [5.74, 6) is 0.363. The number of ether oxygens (including phenoxy) is 2. The van der Waals surface area contributed by atoms with Crippen molar-refractivity contribution < 1.29 is 19.2 Å². The molecule has 0 fully saturated rings. The van der Waals surface area contributed by atoms with Gasteiger partial charge >= 0.3 is 0 Å². The molecule has 0 aromatic heterocycles. The van der Waals surface area contributed by atoms with Gasteiger partial charge in [0.2, 0.25) is 0 Å². The Morgan fingerprint density at radius 2 is 1.85 bits per heavy atom. The van der Waals surface area contributed by atoms with Crippen LogP contribution in [-0.2, 0) is 11.4 Å². The van der Waals surface area contributed by atoms with Crippen LogP contribution in [0.4, 0.5) is 11.4 Å². The number of rotatable bonds is 8. The van der Waals surface area contributed by atoms with Gasteiger partial charge in [-0.3, -0.25) is 14.9 Å². The zero-order valence-corrected chi connectivity index (χ0v) is 18.1. The normalized spacial score (nSPS) is 10.8. The number of nitro groups is 1. The number of benzene rings is 3. The lowest BCUT2D eigenvalue weighted by Gasteiger charge is -2.12. The number of hydrogen-bond donors (Lipinski definition) is 1. The second-order valence-corrected chi connectivity index (χ2v) is 7.06. The van der Waals surface area contributed by atoms with Gasteiger partial charge in [0.1, 0.15) is 18.2 Å². The van der Waals surface area contributed by atoms with Crippen LogP contribution in [0.5, 0.6) is 11.5 Å². The predicted octanol–water partition coefficient (Wildman–Crippen LogP) is 5.04. The van der Waals surface area contributed by atoms with Crippen molar-refractivity contribution >= 4 is 23.4 Å². The Morgan fingerprint density at radius 1 is 1.12 bits per heavy atom. The van der Waals surface area contributed by atoms with E-state index in [-0.39, 0.29) is 17.9 Å². The van der Waals surface area contributed by atoms with Gasteiger partial charge in [-0.1, -0.05) is 24.3 Å². The van der Waals surface area contributed by atoms with E-state index in [1.807, 2.05) is 25.1 Å².